The third-order valence-electron chi connectivity index (χ3n) is 6.54. The number of nitrogens with one attached hydrogen (secondary N) is 1. The van der Waals surface area contributed by atoms with Gasteiger partial charge in [0.05, 0.1) is 12.2 Å². The minimum Gasteiger partial charge on any atom is -0.323 e. The van der Waals surface area contributed by atoms with Crippen LogP contribution >= 0.6 is 0 Å². The number of alkyl halides is 2. The van der Waals surface area contributed by atoms with Crippen LogP contribution in [-0.2, 0) is 4.79 Å². The summed E-state index contributed by atoms with van der Waals surface area (Å²) in [7, 11) is 0. The predicted molar refractivity (Wildman–Crippen MR) is 118 cm³/mol. The topological polar surface area (TPSA) is 79.4 Å². The van der Waals surface area contributed by atoms with Crippen LogP contribution in [0.3, 0.4) is 0 Å². The molecule has 1 saturated carbocycles. The Morgan fingerprint density at radius 2 is 1.67 bits per heavy atom. The average Bonchev–Trinajstić information content (AvgIpc) is 3.05. The number of amides is 3. The number of carbonyl (C=O) groups is 3. The molecule has 3 amide bonds. The van der Waals surface area contributed by atoms with Crippen molar-refractivity contribution in [2.24, 2.45) is 0 Å². The van der Waals surface area contributed by atoms with Crippen molar-refractivity contribution in [1.29, 1.82) is 0 Å². The maximum absolute atomic E-state index is 13.5. The van der Waals surface area contributed by atoms with Gasteiger partial charge in [0, 0.05) is 35.6 Å². The summed E-state index contributed by atoms with van der Waals surface area (Å²) in [6.07, 6.45) is 0.518. The molecule has 2 aliphatic rings. The molecule has 3 aromatic rings. The van der Waals surface area contributed by atoms with Crippen LogP contribution in [-0.4, -0.2) is 45.6 Å². The lowest BCUT2D eigenvalue weighted by molar-refractivity contribution is -0.135. The number of rotatable bonds is 4. The molecule has 2 aromatic carbocycles. The number of ketones is 1. The Kier molecular flexibility index (Phi) is 4.96. The quantitative estimate of drug-likeness (QED) is 0.467. The number of imide groups is 1. The van der Waals surface area contributed by atoms with E-state index in [1.54, 1.807) is 30.5 Å². The summed E-state index contributed by atoms with van der Waals surface area (Å²) >= 11 is 0. The van der Waals surface area contributed by atoms with Crippen molar-refractivity contribution in [1.82, 2.24) is 15.2 Å². The van der Waals surface area contributed by atoms with Gasteiger partial charge in [-0.25, -0.2) is 13.6 Å². The summed E-state index contributed by atoms with van der Waals surface area (Å²) in [5, 5.41) is 4.59. The third-order valence-corrected chi connectivity index (χ3v) is 6.54. The molecule has 168 valence electrons. The Balaban J connectivity index is 1.32. The summed E-state index contributed by atoms with van der Waals surface area (Å²) in [5.41, 5.74) is 0.636. The molecule has 1 aromatic heterocycles. The fourth-order valence-corrected chi connectivity index (χ4v) is 4.60. The van der Waals surface area contributed by atoms with E-state index in [4.69, 9.17) is 0 Å². The van der Waals surface area contributed by atoms with Crippen LogP contribution in [0.1, 0.15) is 36.0 Å². The largest absolute Gasteiger partial charge is 0.325 e. The molecule has 1 spiro atoms. The summed E-state index contributed by atoms with van der Waals surface area (Å²) in [5.74, 6) is -3.85. The van der Waals surface area contributed by atoms with Crippen molar-refractivity contribution in [3.63, 3.8) is 0 Å². The molecule has 1 N–H and O–H groups in total. The zero-order valence-corrected chi connectivity index (χ0v) is 17.7. The van der Waals surface area contributed by atoms with E-state index in [1.807, 2.05) is 30.3 Å². The molecule has 1 saturated heterocycles. The molecular weight excluding hydrogens is 428 g/mol. The minimum atomic E-state index is -2.83. The van der Waals surface area contributed by atoms with Gasteiger partial charge in [0.15, 0.2) is 5.78 Å². The minimum absolute atomic E-state index is 0.137. The number of urea groups is 1. The van der Waals surface area contributed by atoms with Crippen LogP contribution in [0.2, 0.25) is 0 Å². The number of fused-ring (bicyclic) bond motifs is 1. The zero-order chi connectivity index (χ0) is 23.2. The highest BCUT2D eigenvalue weighted by atomic mass is 19.3. The lowest BCUT2D eigenvalue weighted by Gasteiger charge is -2.34. The van der Waals surface area contributed by atoms with Crippen LogP contribution in [0, 0.1) is 0 Å². The Morgan fingerprint density at radius 1 is 0.970 bits per heavy atom. The fraction of sp³-hybridized carbons (Fsp3) is 0.280. The Hall–Kier alpha value is -3.68. The van der Waals surface area contributed by atoms with Crippen molar-refractivity contribution in [2.75, 3.05) is 6.54 Å². The number of carbonyl (C=O) groups excluding carboxylic acids is 3. The van der Waals surface area contributed by atoms with Crippen LogP contribution in [0.5, 0.6) is 0 Å². The van der Waals surface area contributed by atoms with Gasteiger partial charge in [-0.15, -0.1) is 0 Å². The number of Topliss-reactive ketones (excluding diaryl/α,β-unsaturated/α-hetero) is 1. The summed E-state index contributed by atoms with van der Waals surface area (Å²) in [6.45, 7) is -0.436. The van der Waals surface area contributed by atoms with Crippen molar-refractivity contribution in [2.45, 2.75) is 37.1 Å². The fourth-order valence-electron chi connectivity index (χ4n) is 4.60. The van der Waals surface area contributed by atoms with Gasteiger partial charge >= 0.3 is 6.03 Å². The first-order chi connectivity index (χ1) is 15.8. The first kappa shape index (κ1) is 21.2. The van der Waals surface area contributed by atoms with Gasteiger partial charge in [0.2, 0.25) is 5.92 Å². The molecule has 0 bridgehead atoms. The Labute approximate surface area is 188 Å². The van der Waals surface area contributed by atoms with E-state index in [9.17, 15) is 23.2 Å². The van der Waals surface area contributed by atoms with E-state index in [-0.39, 0.29) is 12.8 Å². The van der Waals surface area contributed by atoms with E-state index in [1.165, 1.54) is 0 Å². The number of hydrogen-bond acceptors (Lipinski definition) is 4. The molecule has 1 aliphatic heterocycles. The van der Waals surface area contributed by atoms with Gasteiger partial charge < -0.3 is 5.32 Å². The summed E-state index contributed by atoms with van der Waals surface area (Å²) in [6, 6.07) is 15.9. The standard InChI is InChI=1S/C25H21F2N3O3/c26-25(27)12-10-24(11-13-25)22(32)30(23(33)29-24)15-20(31)17-5-7-18(8-6-17)21-19-4-2-1-3-16(19)9-14-28-21/h1-9,14H,10-13,15H2,(H,29,33). The molecule has 0 unspecified atom stereocenters. The molecule has 2 fully saturated rings. The second-order valence-corrected chi connectivity index (χ2v) is 8.64. The average molecular weight is 449 g/mol. The maximum atomic E-state index is 13.5. The first-order valence-electron chi connectivity index (χ1n) is 10.8. The van der Waals surface area contributed by atoms with Gasteiger partial charge in [0.25, 0.3) is 5.91 Å². The highest BCUT2D eigenvalue weighted by molar-refractivity contribution is 6.11. The number of halogens is 2. The van der Waals surface area contributed by atoms with Gasteiger partial charge in [-0.05, 0) is 24.3 Å². The van der Waals surface area contributed by atoms with Crippen molar-refractivity contribution < 1.29 is 23.2 Å². The molecule has 0 atom stereocenters. The van der Waals surface area contributed by atoms with Crippen LogP contribution in [0.15, 0.2) is 60.8 Å². The number of benzene rings is 2. The van der Waals surface area contributed by atoms with Gasteiger partial charge in [-0.1, -0.05) is 48.5 Å². The number of nitrogens with zero attached hydrogens (tertiary/aromatic N) is 2. The molecule has 0 radical (unpaired) electrons. The van der Waals surface area contributed by atoms with Crippen LogP contribution in [0.4, 0.5) is 13.6 Å². The molecule has 33 heavy (non-hydrogen) atoms. The van der Waals surface area contributed by atoms with Crippen molar-refractivity contribution in [3.05, 3.63) is 66.4 Å². The zero-order valence-electron chi connectivity index (χ0n) is 17.7. The van der Waals surface area contributed by atoms with E-state index < -0.39 is 48.6 Å². The molecule has 1 aliphatic carbocycles. The normalized spacial score (nSPS) is 19.2. The lowest BCUT2D eigenvalue weighted by atomic mass is 9.80. The number of pyridine rings is 1. The van der Waals surface area contributed by atoms with Crippen LogP contribution < -0.4 is 5.32 Å². The predicted octanol–water partition coefficient (Wildman–Crippen LogP) is 4.58. The van der Waals surface area contributed by atoms with Gasteiger partial charge in [0.1, 0.15) is 5.54 Å². The van der Waals surface area contributed by atoms with Crippen molar-refractivity contribution >= 4 is 28.5 Å². The van der Waals surface area contributed by atoms with Gasteiger partial charge in [-0.3, -0.25) is 19.5 Å². The third kappa shape index (κ3) is 3.75. The van der Waals surface area contributed by atoms with Gasteiger partial charge in [-0.2, -0.15) is 0 Å². The second kappa shape index (κ2) is 7.72. The van der Waals surface area contributed by atoms with Crippen LogP contribution in [0.25, 0.3) is 22.0 Å². The van der Waals surface area contributed by atoms with E-state index >= 15 is 0 Å². The Morgan fingerprint density at radius 3 is 2.39 bits per heavy atom. The first-order valence-corrected chi connectivity index (χ1v) is 10.8. The smallest absolute Gasteiger partial charge is 0.323 e. The molecular formula is C25H21F2N3O3. The summed E-state index contributed by atoms with van der Waals surface area (Å²) in [4.78, 5) is 43.4. The second-order valence-electron chi connectivity index (χ2n) is 8.64. The SMILES string of the molecule is O=C(CN1C(=O)NC2(CCC(F)(F)CC2)C1=O)c1ccc(-c2nccc3ccccc23)cc1. The summed E-state index contributed by atoms with van der Waals surface area (Å²) < 4.78 is 27.1. The van der Waals surface area contributed by atoms with Crippen molar-refractivity contribution in [3.8, 4) is 11.3 Å². The molecule has 6 nitrogen and oxygen atoms in total. The lowest BCUT2D eigenvalue weighted by Crippen LogP contribution is -2.51. The maximum Gasteiger partial charge on any atom is 0.325 e. The van der Waals surface area contributed by atoms with E-state index in [0.717, 1.165) is 26.9 Å². The highest BCUT2D eigenvalue weighted by Crippen LogP contribution is 2.41. The molecule has 2 heterocycles. The molecule has 8 heteroatoms. The Bertz CT molecular complexity index is 1260. The molecule has 5 rings (SSSR count). The van der Waals surface area contributed by atoms with E-state index in [2.05, 4.69) is 10.3 Å². The monoisotopic (exact) mass is 449 g/mol. The highest BCUT2D eigenvalue weighted by Gasteiger charge is 2.55. The number of aromatic nitrogens is 1. The van der Waals surface area contributed by atoms with E-state index in [0.29, 0.717) is 5.56 Å². The number of hydrogen-bond donors (Lipinski definition) is 1.